The molecule has 0 bridgehead atoms. The Balaban J connectivity index is 2.39. The molecular weight excluding hydrogens is 236 g/mol. The minimum Gasteiger partial charge on any atom is -0.386 e. The minimum atomic E-state index is 0.389. The van der Waals surface area contributed by atoms with Gasteiger partial charge >= 0.3 is 0 Å². The van der Waals surface area contributed by atoms with Crippen LogP contribution in [0, 0.1) is 0 Å². The van der Waals surface area contributed by atoms with Crippen molar-refractivity contribution in [1.29, 1.82) is 0 Å². The lowest BCUT2D eigenvalue weighted by molar-refractivity contribution is -0.106. The third-order valence-electron chi connectivity index (χ3n) is 3.16. The number of hydrogen-bond acceptors (Lipinski definition) is 3. The molecule has 17 heavy (non-hydrogen) atoms. The number of aldehydes is 1. The summed E-state index contributed by atoms with van der Waals surface area (Å²) in [7, 11) is 3.77. The lowest BCUT2D eigenvalue weighted by Crippen LogP contribution is -2.20. The van der Waals surface area contributed by atoms with Crippen LogP contribution in [0.4, 0.5) is 11.4 Å². The topological polar surface area (TPSA) is 32.3 Å². The fourth-order valence-electron chi connectivity index (χ4n) is 2.01. The molecule has 1 aliphatic rings. The molecule has 92 valence electrons. The predicted molar refractivity (Wildman–Crippen MR) is 72.3 cm³/mol. The van der Waals surface area contributed by atoms with Crippen LogP contribution in [0.25, 0.3) is 0 Å². The van der Waals surface area contributed by atoms with Gasteiger partial charge in [-0.3, -0.25) is 0 Å². The van der Waals surface area contributed by atoms with E-state index in [1.807, 2.05) is 25.1 Å². The van der Waals surface area contributed by atoms with Gasteiger partial charge in [-0.25, -0.2) is 0 Å². The number of nitrogens with zero attached hydrogens (tertiary/aromatic N) is 1. The summed E-state index contributed by atoms with van der Waals surface area (Å²) >= 11 is 6.27. The highest BCUT2D eigenvalue weighted by molar-refractivity contribution is 6.32. The molecule has 0 heterocycles. The molecule has 1 saturated carbocycles. The molecule has 2 rings (SSSR count). The zero-order valence-electron chi connectivity index (χ0n) is 10.2. The fraction of sp³-hybridized carbons (Fsp3) is 0.462. The average molecular weight is 253 g/mol. The van der Waals surface area contributed by atoms with Crippen LogP contribution >= 0.6 is 11.6 Å². The van der Waals surface area contributed by atoms with Gasteiger partial charge < -0.3 is 15.0 Å². The molecule has 1 aromatic rings. The van der Waals surface area contributed by atoms with Crippen molar-refractivity contribution in [3.8, 4) is 0 Å². The largest absolute Gasteiger partial charge is 0.386 e. The summed E-state index contributed by atoms with van der Waals surface area (Å²) in [4.78, 5) is 12.5. The van der Waals surface area contributed by atoms with Crippen LogP contribution < -0.4 is 10.2 Å². The number of carbonyl (C=O) groups is 1. The molecule has 0 aliphatic heterocycles. The molecule has 0 spiro atoms. The average Bonchev–Trinajstić information content (AvgIpc) is 3.12. The molecule has 0 saturated heterocycles. The van der Waals surface area contributed by atoms with Gasteiger partial charge in [0, 0.05) is 19.1 Å². The number of likely N-dealkylation sites (N-methyl/N-ethyl adjacent to an activating group) is 1. The van der Waals surface area contributed by atoms with Gasteiger partial charge in [0.05, 0.1) is 17.9 Å². The van der Waals surface area contributed by atoms with E-state index in [0.717, 1.165) is 22.7 Å². The number of anilines is 2. The summed E-state index contributed by atoms with van der Waals surface area (Å²) in [6.45, 7) is 0.389. The van der Waals surface area contributed by atoms with E-state index < -0.39 is 0 Å². The number of halogens is 1. The van der Waals surface area contributed by atoms with E-state index in [0.29, 0.717) is 12.5 Å². The van der Waals surface area contributed by atoms with Crippen LogP contribution in [-0.4, -0.2) is 26.9 Å². The Kier molecular flexibility index (Phi) is 3.57. The maximum absolute atomic E-state index is 10.6. The van der Waals surface area contributed by atoms with E-state index in [4.69, 9.17) is 11.6 Å². The maximum atomic E-state index is 10.6. The lowest BCUT2D eigenvalue weighted by atomic mass is 10.1. The third kappa shape index (κ3) is 2.55. The summed E-state index contributed by atoms with van der Waals surface area (Å²) in [6, 6.07) is 4.06. The highest BCUT2D eigenvalue weighted by Gasteiger charge is 2.27. The normalized spacial score (nSPS) is 14.5. The smallest absolute Gasteiger partial charge is 0.139 e. The zero-order valence-corrected chi connectivity index (χ0v) is 10.9. The van der Waals surface area contributed by atoms with Crippen molar-refractivity contribution in [3.63, 3.8) is 0 Å². The molecule has 0 amide bonds. The second-order valence-corrected chi connectivity index (χ2v) is 4.87. The van der Waals surface area contributed by atoms with Gasteiger partial charge in [-0.15, -0.1) is 0 Å². The van der Waals surface area contributed by atoms with Crippen molar-refractivity contribution in [2.24, 2.45) is 0 Å². The Morgan fingerprint density at radius 3 is 2.76 bits per heavy atom. The zero-order chi connectivity index (χ0) is 12.4. The second-order valence-electron chi connectivity index (χ2n) is 4.46. The maximum Gasteiger partial charge on any atom is 0.139 e. The van der Waals surface area contributed by atoms with Crippen LogP contribution in [-0.2, 0) is 4.79 Å². The molecule has 0 unspecified atom stereocenters. The summed E-state index contributed by atoms with van der Waals surface area (Å²) in [5, 5.41) is 3.94. The van der Waals surface area contributed by atoms with Gasteiger partial charge in [-0.05, 0) is 36.5 Å². The lowest BCUT2D eigenvalue weighted by Gasteiger charge is -2.21. The third-order valence-corrected chi connectivity index (χ3v) is 3.49. The predicted octanol–water partition coefficient (Wildman–Crippen LogP) is 2.89. The van der Waals surface area contributed by atoms with Gasteiger partial charge in [-0.1, -0.05) is 11.6 Å². The molecule has 3 nitrogen and oxygen atoms in total. The number of hydrogen-bond donors (Lipinski definition) is 1. The number of rotatable bonds is 5. The SMILES string of the molecule is CNc1cc(Cl)c(C2CC2)cc1N(C)CC=O. The second kappa shape index (κ2) is 4.96. The van der Waals surface area contributed by atoms with Gasteiger partial charge in [0.2, 0.25) is 0 Å². The fourth-order valence-corrected chi connectivity index (χ4v) is 2.33. The number of benzene rings is 1. The Morgan fingerprint density at radius 1 is 1.53 bits per heavy atom. The van der Waals surface area contributed by atoms with E-state index >= 15 is 0 Å². The summed E-state index contributed by atoms with van der Waals surface area (Å²) in [6.07, 6.45) is 3.34. The quantitative estimate of drug-likeness (QED) is 0.818. The van der Waals surface area contributed by atoms with Crippen LogP contribution in [0.5, 0.6) is 0 Å². The Hall–Kier alpha value is -1.22. The van der Waals surface area contributed by atoms with E-state index in [9.17, 15) is 4.79 Å². The van der Waals surface area contributed by atoms with Crippen LogP contribution in [0.3, 0.4) is 0 Å². The van der Waals surface area contributed by atoms with E-state index in [-0.39, 0.29) is 0 Å². The molecule has 1 aliphatic carbocycles. The standard InChI is InChI=1S/C13H17ClN2O/c1-15-12-8-11(14)10(9-3-4-9)7-13(12)16(2)5-6-17/h6-9,15H,3-5H2,1-2H3. The monoisotopic (exact) mass is 252 g/mol. The minimum absolute atomic E-state index is 0.389. The van der Waals surface area contributed by atoms with E-state index in [1.54, 1.807) is 0 Å². The summed E-state index contributed by atoms with van der Waals surface area (Å²) < 4.78 is 0. The molecule has 1 N–H and O–H groups in total. The molecule has 0 radical (unpaired) electrons. The van der Waals surface area contributed by atoms with Crippen LogP contribution in [0.1, 0.15) is 24.3 Å². The number of nitrogens with one attached hydrogen (secondary N) is 1. The molecule has 1 fully saturated rings. The van der Waals surface area contributed by atoms with Crippen molar-refractivity contribution in [1.82, 2.24) is 0 Å². The van der Waals surface area contributed by atoms with Gasteiger partial charge in [0.25, 0.3) is 0 Å². The Bertz CT molecular complexity index is 430. The van der Waals surface area contributed by atoms with Crippen LogP contribution in [0.2, 0.25) is 5.02 Å². The molecular formula is C13H17ClN2O. The molecule has 0 atom stereocenters. The Labute approximate surface area is 107 Å². The Morgan fingerprint density at radius 2 is 2.24 bits per heavy atom. The molecule has 1 aromatic carbocycles. The van der Waals surface area contributed by atoms with Crippen molar-refractivity contribution in [3.05, 3.63) is 22.7 Å². The molecule has 4 heteroatoms. The first-order valence-electron chi connectivity index (χ1n) is 5.83. The van der Waals surface area contributed by atoms with Gasteiger partial charge in [-0.2, -0.15) is 0 Å². The van der Waals surface area contributed by atoms with Crippen molar-refractivity contribution in [2.45, 2.75) is 18.8 Å². The van der Waals surface area contributed by atoms with Crippen molar-refractivity contribution >= 4 is 29.3 Å². The molecule has 0 aromatic heterocycles. The van der Waals surface area contributed by atoms with Gasteiger partial charge in [0.15, 0.2) is 0 Å². The first kappa shape index (κ1) is 12.2. The van der Waals surface area contributed by atoms with Crippen LogP contribution in [0.15, 0.2) is 12.1 Å². The van der Waals surface area contributed by atoms with Gasteiger partial charge in [0.1, 0.15) is 6.29 Å². The van der Waals surface area contributed by atoms with Crippen molar-refractivity contribution < 1.29 is 4.79 Å². The highest BCUT2D eigenvalue weighted by Crippen LogP contribution is 2.46. The summed E-state index contributed by atoms with van der Waals surface area (Å²) in [5.74, 6) is 0.608. The highest BCUT2D eigenvalue weighted by atomic mass is 35.5. The van der Waals surface area contributed by atoms with E-state index in [2.05, 4.69) is 11.4 Å². The first-order valence-corrected chi connectivity index (χ1v) is 6.21. The number of carbonyl (C=O) groups excluding carboxylic acids is 1. The van der Waals surface area contributed by atoms with E-state index in [1.165, 1.54) is 18.4 Å². The first-order chi connectivity index (χ1) is 8.17. The summed E-state index contributed by atoms with van der Waals surface area (Å²) in [5.41, 5.74) is 3.20. The van der Waals surface area contributed by atoms with Crippen molar-refractivity contribution in [2.75, 3.05) is 30.9 Å².